The van der Waals surface area contributed by atoms with Crippen LogP contribution in [0.3, 0.4) is 0 Å². The van der Waals surface area contributed by atoms with E-state index >= 15 is 0 Å². The first kappa shape index (κ1) is 13.6. The van der Waals surface area contributed by atoms with Crippen molar-refractivity contribution in [2.75, 3.05) is 13.2 Å². The summed E-state index contributed by atoms with van der Waals surface area (Å²) in [4.78, 5) is 4.37. The zero-order chi connectivity index (χ0) is 12.6. The molecule has 0 aromatic carbocycles. The number of aryl methyl sites for hydroxylation is 1. The highest BCUT2D eigenvalue weighted by Crippen LogP contribution is 2.20. The number of hydrogen-bond acceptors (Lipinski definition) is 3. The van der Waals surface area contributed by atoms with Crippen LogP contribution in [-0.4, -0.2) is 28.8 Å². The van der Waals surface area contributed by atoms with Crippen LogP contribution in [0, 0.1) is 0 Å². The van der Waals surface area contributed by atoms with Crippen molar-refractivity contribution in [1.29, 1.82) is 0 Å². The maximum Gasteiger partial charge on any atom is 0.122 e. The number of aromatic nitrogens is 2. The lowest BCUT2D eigenvalue weighted by atomic mass is 10.3. The van der Waals surface area contributed by atoms with Crippen LogP contribution in [0.2, 0.25) is 0 Å². The van der Waals surface area contributed by atoms with Gasteiger partial charge in [-0.1, -0.05) is 19.8 Å². The van der Waals surface area contributed by atoms with E-state index in [9.17, 15) is 0 Å². The van der Waals surface area contributed by atoms with E-state index in [-0.39, 0.29) is 0 Å². The maximum absolute atomic E-state index is 5.81. The molecule has 0 amide bonds. The largest absolute Gasteiger partial charge is 0.377 e. The Morgan fingerprint density at radius 2 is 2.28 bits per heavy atom. The molecule has 2 rings (SSSR count). The van der Waals surface area contributed by atoms with Gasteiger partial charge in [0, 0.05) is 25.5 Å². The molecule has 1 aromatic rings. The Hall–Kier alpha value is -0.870. The molecule has 1 aliphatic rings. The quantitative estimate of drug-likeness (QED) is 0.721. The minimum atomic E-state index is 0.522. The molecular formula is C14H25N3O. The first-order valence-electron chi connectivity index (χ1n) is 7.22. The molecule has 0 radical (unpaired) electrons. The molecule has 102 valence electrons. The van der Waals surface area contributed by atoms with Gasteiger partial charge in [0.1, 0.15) is 5.82 Å². The van der Waals surface area contributed by atoms with Crippen molar-refractivity contribution in [2.45, 2.75) is 58.2 Å². The predicted molar refractivity (Wildman–Crippen MR) is 72.4 cm³/mol. The second kappa shape index (κ2) is 7.54. The predicted octanol–water partition coefficient (Wildman–Crippen LogP) is 2.34. The molecule has 0 spiro atoms. The van der Waals surface area contributed by atoms with E-state index in [0.29, 0.717) is 6.10 Å². The Morgan fingerprint density at radius 3 is 3.06 bits per heavy atom. The maximum atomic E-state index is 5.81. The Kier molecular flexibility index (Phi) is 5.68. The summed E-state index contributed by atoms with van der Waals surface area (Å²) in [7, 11) is 0. The van der Waals surface area contributed by atoms with E-state index in [0.717, 1.165) is 38.5 Å². The first-order chi connectivity index (χ1) is 8.90. The van der Waals surface area contributed by atoms with Gasteiger partial charge in [-0.05, 0) is 19.3 Å². The van der Waals surface area contributed by atoms with Crippen molar-refractivity contribution in [1.82, 2.24) is 14.9 Å². The Bertz CT molecular complexity index is 332. The van der Waals surface area contributed by atoms with E-state index in [4.69, 9.17) is 4.74 Å². The van der Waals surface area contributed by atoms with Gasteiger partial charge in [0.2, 0.25) is 0 Å². The summed E-state index contributed by atoms with van der Waals surface area (Å²) in [5.74, 6) is 1.12. The van der Waals surface area contributed by atoms with E-state index in [2.05, 4.69) is 28.0 Å². The second-order valence-corrected chi connectivity index (χ2v) is 4.99. The van der Waals surface area contributed by atoms with Crippen LogP contribution >= 0.6 is 0 Å². The van der Waals surface area contributed by atoms with Crippen molar-refractivity contribution in [3.8, 4) is 0 Å². The molecule has 0 saturated heterocycles. The highest BCUT2D eigenvalue weighted by Gasteiger charge is 2.14. The van der Waals surface area contributed by atoms with Crippen molar-refractivity contribution in [2.24, 2.45) is 0 Å². The van der Waals surface area contributed by atoms with Crippen molar-refractivity contribution >= 4 is 0 Å². The number of nitrogens with one attached hydrogen (secondary N) is 1. The minimum absolute atomic E-state index is 0.522. The molecule has 0 unspecified atom stereocenters. The van der Waals surface area contributed by atoms with Crippen molar-refractivity contribution < 1.29 is 4.74 Å². The molecule has 18 heavy (non-hydrogen) atoms. The van der Waals surface area contributed by atoms with Crippen LogP contribution < -0.4 is 5.32 Å². The fourth-order valence-electron chi connectivity index (χ4n) is 2.50. The van der Waals surface area contributed by atoms with Crippen LogP contribution in [0.15, 0.2) is 12.4 Å². The van der Waals surface area contributed by atoms with Crippen molar-refractivity contribution in [3.63, 3.8) is 0 Å². The molecule has 1 N–H and O–H groups in total. The van der Waals surface area contributed by atoms with Crippen LogP contribution in [0.4, 0.5) is 0 Å². The minimum Gasteiger partial charge on any atom is -0.377 e. The molecule has 1 saturated carbocycles. The molecule has 1 aliphatic carbocycles. The number of nitrogens with zero attached hydrogens (tertiary/aromatic N) is 2. The molecule has 1 aromatic heterocycles. The summed E-state index contributed by atoms with van der Waals surface area (Å²) in [6.45, 7) is 5.80. The smallest absolute Gasteiger partial charge is 0.122 e. The van der Waals surface area contributed by atoms with E-state index in [1.807, 2.05) is 6.20 Å². The second-order valence-electron chi connectivity index (χ2n) is 4.99. The van der Waals surface area contributed by atoms with E-state index < -0.39 is 0 Å². The van der Waals surface area contributed by atoms with Gasteiger partial charge in [-0.3, -0.25) is 0 Å². The molecule has 4 heteroatoms. The average Bonchev–Trinajstić information content (AvgIpc) is 3.01. The van der Waals surface area contributed by atoms with Crippen LogP contribution in [0.5, 0.6) is 0 Å². The van der Waals surface area contributed by atoms with E-state index in [1.165, 1.54) is 25.7 Å². The Balaban J connectivity index is 1.58. The Morgan fingerprint density at radius 1 is 1.44 bits per heavy atom. The van der Waals surface area contributed by atoms with Gasteiger partial charge in [0.05, 0.1) is 19.3 Å². The summed E-state index contributed by atoms with van der Waals surface area (Å²) in [6, 6.07) is 0. The highest BCUT2D eigenvalue weighted by atomic mass is 16.5. The van der Waals surface area contributed by atoms with Gasteiger partial charge >= 0.3 is 0 Å². The Labute approximate surface area is 110 Å². The standard InChI is InChI=1S/C14H25N3O/c1-2-9-17-10-7-16-14(17)12-15-8-11-18-13-5-3-4-6-13/h7,10,13,15H,2-6,8-9,11-12H2,1H3. The third kappa shape index (κ3) is 4.10. The number of ether oxygens (including phenoxy) is 1. The molecule has 1 heterocycles. The number of imidazole rings is 1. The van der Waals surface area contributed by atoms with E-state index in [1.54, 1.807) is 0 Å². The fourth-order valence-corrected chi connectivity index (χ4v) is 2.50. The first-order valence-corrected chi connectivity index (χ1v) is 7.22. The summed E-state index contributed by atoms with van der Waals surface area (Å²) in [6.07, 6.45) is 10.8. The highest BCUT2D eigenvalue weighted by molar-refractivity contribution is 4.91. The molecule has 1 fully saturated rings. The lowest BCUT2D eigenvalue weighted by Crippen LogP contribution is -2.23. The molecule has 0 atom stereocenters. The van der Waals surface area contributed by atoms with Crippen molar-refractivity contribution in [3.05, 3.63) is 18.2 Å². The molecular weight excluding hydrogens is 226 g/mol. The van der Waals surface area contributed by atoms with Gasteiger partial charge in [-0.2, -0.15) is 0 Å². The fraction of sp³-hybridized carbons (Fsp3) is 0.786. The summed E-state index contributed by atoms with van der Waals surface area (Å²) >= 11 is 0. The zero-order valence-corrected chi connectivity index (χ0v) is 11.4. The summed E-state index contributed by atoms with van der Waals surface area (Å²) in [5.41, 5.74) is 0. The van der Waals surface area contributed by atoms with Crippen LogP contribution in [-0.2, 0) is 17.8 Å². The van der Waals surface area contributed by atoms with Crippen LogP contribution in [0.25, 0.3) is 0 Å². The third-order valence-electron chi connectivity index (χ3n) is 3.48. The molecule has 0 aliphatic heterocycles. The SMILES string of the molecule is CCCn1ccnc1CNCCOC1CCCC1. The lowest BCUT2D eigenvalue weighted by Gasteiger charge is -2.11. The topological polar surface area (TPSA) is 39.1 Å². The number of rotatable bonds is 8. The van der Waals surface area contributed by atoms with Gasteiger partial charge in [0.25, 0.3) is 0 Å². The van der Waals surface area contributed by atoms with Gasteiger partial charge < -0.3 is 14.6 Å². The summed E-state index contributed by atoms with van der Waals surface area (Å²) < 4.78 is 8.02. The van der Waals surface area contributed by atoms with Gasteiger partial charge in [-0.25, -0.2) is 4.98 Å². The number of hydrogen-bond donors (Lipinski definition) is 1. The monoisotopic (exact) mass is 251 g/mol. The third-order valence-corrected chi connectivity index (χ3v) is 3.48. The molecule has 0 bridgehead atoms. The van der Waals surface area contributed by atoms with Crippen LogP contribution in [0.1, 0.15) is 44.9 Å². The average molecular weight is 251 g/mol. The normalized spacial score (nSPS) is 16.5. The summed E-state index contributed by atoms with van der Waals surface area (Å²) in [5, 5.41) is 3.40. The molecule has 4 nitrogen and oxygen atoms in total. The van der Waals surface area contributed by atoms with Gasteiger partial charge in [-0.15, -0.1) is 0 Å². The van der Waals surface area contributed by atoms with Gasteiger partial charge in [0.15, 0.2) is 0 Å². The lowest BCUT2D eigenvalue weighted by molar-refractivity contribution is 0.0601. The zero-order valence-electron chi connectivity index (χ0n) is 11.4.